The quantitative estimate of drug-likeness (QED) is 0.467. The van der Waals surface area contributed by atoms with Crippen LogP contribution >= 0.6 is 0 Å². The Kier molecular flexibility index (Phi) is 7.18. The Labute approximate surface area is 174 Å². The number of ether oxygens (including phenoxy) is 1. The number of carbonyl (C=O) groups is 2. The third-order valence-electron chi connectivity index (χ3n) is 4.46. The average molecular weight is 408 g/mol. The molecule has 8 nitrogen and oxygen atoms in total. The molecular formula is C22H24N4O4. The van der Waals surface area contributed by atoms with E-state index >= 15 is 0 Å². The molecule has 0 aliphatic carbocycles. The zero-order chi connectivity index (χ0) is 21.3. The number of para-hydroxylation sites is 1. The molecule has 0 aliphatic rings. The van der Waals surface area contributed by atoms with Gasteiger partial charge >= 0.3 is 5.97 Å². The molecule has 3 rings (SSSR count). The maximum Gasteiger partial charge on any atom is 0.340 e. The fourth-order valence-electron chi connectivity index (χ4n) is 3.02. The zero-order valence-electron chi connectivity index (χ0n) is 16.6. The summed E-state index contributed by atoms with van der Waals surface area (Å²) in [5, 5.41) is 14.8. The Bertz CT molecular complexity index is 988. The molecule has 1 atom stereocenters. The molecule has 0 spiro atoms. The van der Waals surface area contributed by atoms with Gasteiger partial charge in [-0.2, -0.15) is 0 Å². The number of nitrogens with one attached hydrogen (secondary N) is 2. The number of aryl methyl sites for hydroxylation is 1. The number of hydrogen-bond donors (Lipinski definition) is 3. The zero-order valence-corrected chi connectivity index (χ0v) is 16.6. The number of benzene rings is 2. The minimum Gasteiger partial charge on any atom is -0.452 e. The summed E-state index contributed by atoms with van der Waals surface area (Å²) in [5.74, 6) is -0.403. The van der Waals surface area contributed by atoms with Crippen LogP contribution in [0.15, 0.2) is 67.0 Å². The predicted octanol–water partition coefficient (Wildman–Crippen LogP) is 1.89. The highest BCUT2D eigenvalue weighted by Crippen LogP contribution is 2.20. The first kappa shape index (κ1) is 21.1. The second kappa shape index (κ2) is 10.2. The number of nitrogens with zero attached hydrogens (tertiary/aromatic N) is 2. The predicted molar refractivity (Wildman–Crippen MR) is 112 cm³/mol. The molecule has 3 N–H and O–H groups in total. The van der Waals surface area contributed by atoms with Gasteiger partial charge in [-0.25, -0.2) is 9.78 Å². The summed E-state index contributed by atoms with van der Waals surface area (Å²) < 4.78 is 7.04. The molecule has 0 saturated heterocycles. The second-order valence-corrected chi connectivity index (χ2v) is 6.58. The molecule has 8 heteroatoms. The summed E-state index contributed by atoms with van der Waals surface area (Å²) >= 11 is 0. The van der Waals surface area contributed by atoms with Crippen LogP contribution < -0.4 is 10.6 Å². The lowest BCUT2D eigenvalue weighted by Crippen LogP contribution is -2.34. The number of esters is 1. The van der Waals surface area contributed by atoms with Crippen molar-refractivity contribution in [1.29, 1.82) is 0 Å². The van der Waals surface area contributed by atoms with Crippen molar-refractivity contribution in [3.05, 3.63) is 83.9 Å². The van der Waals surface area contributed by atoms with Crippen molar-refractivity contribution in [3.63, 3.8) is 0 Å². The highest BCUT2D eigenvalue weighted by Gasteiger charge is 2.21. The number of aromatic nitrogens is 2. The van der Waals surface area contributed by atoms with Crippen LogP contribution in [0.3, 0.4) is 0 Å². The number of rotatable bonds is 9. The molecule has 30 heavy (non-hydrogen) atoms. The largest absolute Gasteiger partial charge is 0.452 e. The van der Waals surface area contributed by atoms with Crippen LogP contribution in [0.25, 0.3) is 0 Å². The van der Waals surface area contributed by atoms with E-state index in [4.69, 9.17) is 9.84 Å². The number of amides is 1. The summed E-state index contributed by atoms with van der Waals surface area (Å²) in [7, 11) is 1.85. The van der Waals surface area contributed by atoms with Crippen LogP contribution in [0, 0.1) is 0 Å². The van der Waals surface area contributed by atoms with Gasteiger partial charge < -0.3 is 25.0 Å². The van der Waals surface area contributed by atoms with E-state index in [1.54, 1.807) is 36.7 Å². The normalized spacial score (nSPS) is 11.5. The molecular weight excluding hydrogens is 384 g/mol. The standard InChI is InChI=1S/C22H24N4O4/c1-26-13-11-24-21(26)20(16-7-3-2-4-8-16)25-19(28)15-30-22(29)17-9-5-6-10-18(17)23-12-14-27/h2-11,13,20,23,27H,12,14-15H2,1H3,(H,25,28). The summed E-state index contributed by atoms with van der Waals surface area (Å²) in [6, 6.07) is 15.7. The van der Waals surface area contributed by atoms with Gasteiger partial charge in [0.2, 0.25) is 0 Å². The van der Waals surface area contributed by atoms with Crippen molar-refractivity contribution in [2.45, 2.75) is 6.04 Å². The topological polar surface area (TPSA) is 105 Å². The van der Waals surface area contributed by atoms with Gasteiger partial charge in [-0.1, -0.05) is 42.5 Å². The SMILES string of the molecule is Cn1ccnc1C(NC(=O)COC(=O)c1ccccc1NCCO)c1ccccc1. The first-order chi connectivity index (χ1) is 14.6. The van der Waals surface area contributed by atoms with E-state index in [0.29, 0.717) is 23.6 Å². The summed E-state index contributed by atoms with van der Waals surface area (Å²) in [6.45, 7) is -0.200. The van der Waals surface area contributed by atoms with Crippen molar-refractivity contribution in [2.75, 3.05) is 25.1 Å². The number of aliphatic hydroxyl groups excluding tert-OH is 1. The van der Waals surface area contributed by atoms with E-state index < -0.39 is 24.5 Å². The Morgan fingerprint density at radius 2 is 1.87 bits per heavy atom. The van der Waals surface area contributed by atoms with Gasteiger partial charge in [0.1, 0.15) is 11.9 Å². The molecule has 156 valence electrons. The number of carbonyl (C=O) groups excluding carboxylic acids is 2. The molecule has 0 bridgehead atoms. The fraction of sp³-hybridized carbons (Fsp3) is 0.227. The van der Waals surface area contributed by atoms with Gasteiger partial charge in [0.25, 0.3) is 5.91 Å². The van der Waals surface area contributed by atoms with Gasteiger partial charge in [0.05, 0.1) is 12.2 Å². The van der Waals surface area contributed by atoms with E-state index in [1.807, 2.05) is 41.9 Å². The number of hydrogen-bond acceptors (Lipinski definition) is 6. The third kappa shape index (κ3) is 5.24. The molecule has 0 radical (unpaired) electrons. The number of imidazole rings is 1. The van der Waals surface area contributed by atoms with E-state index in [0.717, 1.165) is 5.56 Å². The van der Waals surface area contributed by atoms with E-state index in [1.165, 1.54) is 0 Å². The number of aliphatic hydroxyl groups is 1. The first-order valence-corrected chi connectivity index (χ1v) is 9.52. The van der Waals surface area contributed by atoms with Crippen LogP contribution in [0.5, 0.6) is 0 Å². The van der Waals surface area contributed by atoms with Crippen molar-refractivity contribution >= 4 is 17.6 Å². The maximum absolute atomic E-state index is 12.6. The van der Waals surface area contributed by atoms with Gasteiger partial charge in [-0.3, -0.25) is 4.79 Å². The van der Waals surface area contributed by atoms with E-state index in [2.05, 4.69) is 15.6 Å². The summed E-state index contributed by atoms with van der Waals surface area (Å²) in [5.41, 5.74) is 1.69. The Hall–Kier alpha value is -3.65. The monoisotopic (exact) mass is 408 g/mol. The lowest BCUT2D eigenvalue weighted by molar-refractivity contribution is -0.124. The molecule has 2 aromatic carbocycles. The molecule has 1 heterocycles. The highest BCUT2D eigenvalue weighted by molar-refractivity contribution is 5.96. The molecule has 0 aliphatic heterocycles. The van der Waals surface area contributed by atoms with Crippen molar-refractivity contribution in [3.8, 4) is 0 Å². The molecule has 0 fully saturated rings. The van der Waals surface area contributed by atoms with Gasteiger partial charge in [-0.05, 0) is 17.7 Å². The molecule has 3 aromatic rings. The van der Waals surface area contributed by atoms with Crippen LogP contribution in [-0.4, -0.2) is 46.3 Å². The Morgan fingerprint density at radius 1 is 1.13 bits per heavy atom. The number of anilines is 1. The Morgan fingerprint density at radius 3 is 2.57 bits per heavy atom. The van der Waals surface area contributed by atoms with Crippen LogP contribution in [0.2, 0.25) is 0 Å². The first-order valence-electron chi connectivity index (χ1n) is 9.52. The van der Waals surface area contributed by atoms with Crippen molar-refractivity contribution in [2.24, 2.45) is 7.05 Å². The molecule has 0 saturated carbocycles. The lowest BCUT2D eigenvalue weighted by Gasteiger charge is -2.19. The highest BCUT2D eigenvalue weighted by atomic mass is 16.5. The van der Waals surface area contributed by atoms with Crippen LogP contribution in [-0.2, 0) is 16.6 Å². The summed E-state index contributed by atoms with van der Waals surface area (Å²) in [6.07, 6.45) is 3.46. The Balaban J connectivity index is 1.67. The average Bonchev–Trinajstić information content (AvgIpc) is 3.20. The second-order valence-electron chi connectivity index (χ2n) is 6.58. The van der Waals surface area contributed by atoms with Gasteiger partial charge in [0, 0.05) is 31.7 Å². The smallest absolute Gasteiger partial charge is 0.340 e. The molecule has 1 amide bonds. The van der Waals surface area contributed by atoms with Crippen LogP contribution in [0.1, 0.15) is 27.8 Å². The fourth-order valence-corrected chi connectivity index (χ4v) is 3.02. The van der Waals surface area contributed by atoms with Crippen molar-refractivity contribution in [1.82, 2.24) is 14.9 Å². The minimum atomic E-state index is -0.626. The lowest BCUT2D eigenvalue weighted by atomic mass is 10.1. The van der Waals surface area contributed by atoms with E-state index in [-0.39, 0.29) is 6.61 Å². The maximum atomic E-state index is 12.6. The van der Waals surface area contributed by atoms with E-state index in [9.17, 15) is 9.59 Å². The molecule has 1 unspecified atom stereocenters. The van der Waals surface area contributed by atoms with Gasteiger partial charge in [-0.15, -0.1) is 0 Å². The molecule has 1 aromatic heterocycles. The van der Waals surface area contributed by atoms with Crippen molar-refractivity contribution < 1.29 is 19.4 Å². The summed E-state index contributed by atoms with van der Waals surface area (Å²) in [4.78, 5) is 29.3. The third-order valence-corrected chi connectivity index (χ3v) is 4.46. The minimum absolute atomic E-state index is 0.0696. The van der Waals surface area contributed by atoms with Crippen LogP contribution in [0.4, 0.5) is 5.69 Å². The van der Waals surface area contributed by atoms with Gasteiger partial charge in [0.15, 0.2) is 6.61 Å².